The van der Waals surface area contributed by atoms with Gasteiger partial charge in [0.1, 0.15) is 0 Å². The molecule has 19 heavy (non-hydrogen) atoms. The van der Waals surface area contributed by atoms with Crippen molar-refractivity contribution in [1.82, 2.24) is 0 Å². The summed E-state index contributed by atoms with van der Waals surface area (Å²) < 4.78 is 0. The van der Waals surface area contributed by atoms with Crippen molar-refractivity contribution in [2.75, 3.05) is 0 Å². The van der Waals surface area contributed by atoms with Crippen molar-refractivity contribution in [2.45, 2.75) is 18.9 Å². The fraction of sp³-hybridized carbons (Fsp3) is 0.188. The van der Waals surface area contributed by atoms with Crippen LogP contribution < -0.4 is 5.73 Å². The highest BCUT2D eigenvalue weighted by Gasteiger charge is 2.10. The Morgan fingerprint density at radius 1 is 1.05 bits per heavy atom. The van der Waals surface area contributed by atoms with Crippen LogP contribution in [0.2, 0.25) is 0 Å². The Morgan fingerprint density at radius 2 is 1.74 bits per heavy atom. The summed E-state index contributed by atoms with van der Waals surface area (Å²) in [5.74, 6) is -0.874. The molecule has 3 nitrogen and oxygen atoms in total. The lowest BCUT2D eigenvalue weighted by molar-refractivity contribution is -0.137. The molecule has 0 radical (unpaired) electrons. The highest BCUT2D eigenvalue weighted by atomic mass is 16.4. The van der Waals surface area contributed by atoms with Gasteiger partial charge in [0.05, 0.1) is 6.42 Å². The summed E-state index contributed by atoms with van der Waals surface area (Å²) in [5, 5.41) is 8.77. The summed E-state index contributed by atoms with van der Waals surface area (Å²) in [4.78, 5) is 10.7. The molecule has 0 saturated carbocycles. The number of nitrogens with two attached hydrogens (primary N) is 1. The molecule has 98 valence electrons. The number of benzene rings is 2. The second-order valence-electron chi connectivity index (χ2n) is 4.61. The Kier molecular flexibility index (Phi) is 4.31. The molecule has 2 rings (SSSR count). The Bertz CT molecular complexity index is 552. The maximum atomic E-state index is 10.7. The number of carboxylic acid groups (broad SMARTS) is 1. The van der Waals surface area contributed by atoms with Crippen molar-refractivity contribution < 1.29 is 9.90 Å². The van der Waals surface area contributed by atoms with E-state index < -0.39 is 12.0 Å². The fourth-order valence-corrected chi connectivity index (χ4v) is 2.07. The molecule has 0 fully saturated rings. The van der Waals surface area contributed by atoms with E-state index in [4.69, 9.17) is 10.8 Å². The van der Waals surface area contributed by atoms with Crippen molar-refractivity contribution in [3.63, 3.8) is 0 Å². The zero-order chi connectivity index (χ0) is 13.7. The first-order valence-electron chi connectivity index (χ1n) is 6.25. The first kappa shape index (κ1) is 13.3. The van der Waals surface area contributed by atoms with Crippen LogP contribution in [0.25, 0.3) is 0 Å². The monoisotopic (exact) mass is 255 g/mol. The normalized spacial score (nSPS) is 12.1. The highest BCUT2D eigenvalue weighted by Crippen LogP contribution is 2.17. The number of hydrogen-bond donors (Lipinski definition) is 2. The summed E-state index contributed by atoms with van der Waals surface area (Å²) in [6.07, 6.45) is 0.781. The summed E-state index contributed by atoms with van der Waals surface area (Å²) >= 11 is 0. The van der Waals surface area contributed by atoms with Gasteiger partial charge in [-0.3, -0.25) is 4.79 Å². The number of rotatable bonds is 5. The van der Waals surface area contributed by atoms with Crippen molar-refractivity contribution in [1.29, 1.82) is 0 Å². The average molecular weight is 255 g/mol. The van der Waals surface area contributed by atoms with Crippen LogP contribution in [-0.2, 0) is 11.2 Å². The first-order valence-corrected chi connectivity index (χ1v) is 6.25. The van der Waals surface area contributed by atoms with Crippen LogP contribution in [0.1, 0.15) is 29.2 Å². The maximum absolute atomic E-state index is 10.7. The second kappa shape index (κ2) is 6.16. The zero-order valence-electron chi connectivity index (χ0n) is 10.6. The van der Waals surface area contributed by atoms with Crippen LogP contribution in [-0.4, -0.2) is 11.1 Å². The van der Waals surface area contributed by atoms with E-state index in [1.807, 2.05) is 42.5 Å². The molecule has 0 bridgehead atoms. The SMILES string of the molecule is NC(CC(=O)O)c1cccc(Cc2ccccc2)c1. The quantitative estimate of drug-likeness (QED) is 0.863. The van der Waals surface area contributed by atoms with Gasteiger partial charge in [-0.15, -0.1) is 0 Å². The Balaban J connectivity index is 2.13. The van der Waals surface area contributed by atoms with Crippen molar-refractivity contribution in [3.05, 3.63) is 71.3 Å². The number of hydrogen-bond acceptors (Lipinski definition) is 2. The van der Waals surface area contributed by atoms with Crippen LogP contribution in [0.5, 0.6) is 0 Å². The summed E-state index contributed by atoms with van der Waals surface area (Å²) in [6, 6.07) is 17.5. The molecule has 0 saturated heterocycles. The molecule has 0 heterocycles. The van der Waals surface area contributed by atoms with E-state index >= 15 is 0 Å². The molecule has 3 heteroatoms. The van der Waals surface area contributed by atoms with Gasteiger partial charge in [0, 0.05) is 6.04 Å². The molecule has 0 aliphatic heterocycles. The average Bonchev–Trinajstić information content (AvgIpc) is 2.39. The minimum absolute atomic E-state index is 0.0468. The summed E-state index contributed by atoms with van der Waals surface area (Å²) in [6.45, 7) is 0. The second-order valence-corrected chi connectivity index (χ2v) is 4.61. The number of carboxylic acids is 1. The Hall–Kier alpha value is -2.13. The fourth-order valence-electron chi connectivity index (χ4n) is 2.07. The molecule has 0 aliphatic rings. The Labute approximate surface area is 112 Å². The third-order valence-corrected chi connectivity index (χ3v) is 3.02. The zero-order valence-corrected chi connectivity index (χ0v) is 10.6. The van der Waals surface area contributed by atoms with E-state index in [2.05, 4.69) is 12.1 Å². The van der Waals surface area contributed by atoms with Crippen LogP contribution in [0.4, 0.5) is 0 Å². The van der Waals surface area contributed by atoms with Crippen LogP contribution in [0.3, 0.4) is 0 Å². The molecule has 1 unspecified atom stereocenters. The van der Waals surface area contributed by atoms with Gasteiger partial charge in [-0.1, -0.05) is 54.6 Å². The molecule has 0 aliphatic carbocycles. The van der Waals surface area contributed by atoms with Gasteiger partial charge >= 0.3 is 5.97 Å². The predicted molar refractivity (Wildman–Crippen MR) is 74.9 cm³/mol. The molecule has 0 aromatic heterocycles. The molecule has 3 N–H and O–H groups in total. The summed E-state index contributed by atoms with van der Waals surface area (Å²) in [5.41, 5.74) is 9.12. The minimum Gasteiger partial charge on any atom is -0.481 e. The van der Waals surface area contributed by atoms with Gasteiger partial charge < -0.3 is 10.8 Å². The molecule has 2 aromatic carbocycles. The molecule has 1 atom stereocenters. The molecular weight excluding hydrogens is 238 g/mol. The van der Waals surface area contributed by atoms with E-state index in [1.165, 1.54) is 5.56 Å². The standard InChI is InChI=1S/C16H17NO2/c17-15(11-16(18)19)14-8-4-7-13(10-14)9-12-5-2-1-3-6-12/h1-8,10,15H,9,11,17H2,(H,18,19). The van der Waals surface area contributed by atoms with E-state index in [9.17, 15) is 4.79 Å². The predicted octanol–water partition coefficient (Wildman–Crippen LogP) is 2.75. The van der Waals surface area contributed by atoms with E-state index in [0.717, 1.165) is 17.5 Å². The topological polar surface area (TPSA) is 63.3 Å². The van der Waals surface area contributed by atoms with Crippen molar-refractivity contribution >= 4 is 5.97 Å². The highest BCUT2D eigenvalue weighted by molar-refractivity contribution is 5.67. The van der Waals surface area contributed by atoms with Crippen molar-refractivity contribution in [2.24, 2.45) is 5.73 Å². The van der Waals surface area contributed by atoms with Crippen molar-refractivity contribution in [3.8, 4) is 0 Å². The van der Waals surface area contributed by atoms with Crippen LogP contribution in [0, 0.1) is 0 Å². The van der Waals surface area contributed by atoms with Gasteiger partial charge in [0.2, 0.25) is 0 Å². The largest absolute Gasteiger partial charge is 0.481 e. The van der Waals surface area contributed by atoms with E-state index in [1.54, 1.807) is 0 Å². The van der Waals surface area contributed by atoms with Gasteiger partial charge in [-0.05, 0) is 23.1 Å². The third kappa shape index (κ3) is 3.93. The third-order valence-electron chi connectivity index (χ3n) is 3.02. The maximum Gasteiger partial charge on any atom is 0.305 e. The number of aliphatic carboxylic acids is 1. The van der Waals surface area contributed by atoms with E-state index in [0.29, 0.717) is 0 Å². The minimum atomic E-state index is -0.874. The van der Waals surface area contributed by atoms with Crippen LogP contribution in [0.15, 0.2) is 54.6 Å². The first-order chi connectivity index (χ1) is 9.15. The lowest BCUT2D eigenvalue weighted by Crippen LogP contribution is -2.15. The lowest BCUT2D eigenvalue weighted by Gasteiger charge is -2.11. The molecule has 0 amide bonds. The Morgan fingerprint density at radius 3 is 2.42 bits per heavy atom. The van der Waals surface area contributed by atoms with Gasteiger partial charge in [-0.25, -0.2) is 0 Å². The van der Waals surface area contributed by atoms with Gasteiger partial charge in [0.25, 0.3) is 0 Å². The summed E-state index contributed by atoms with van der Waals surface area (Å²) in [7, 11) is 0. The molecule has 2 aromatic rings. The number of carbonyl (C=O) groups is 1. The lowest BCUT2D eigenvalue weighted by atomic mass is 9.98. The molecule has 0 spiro atoms. The van der Waals surface area contributed by atoms with Crippen LogP contribution >= 0.6 is 0 Å². The van der Waals surface area contributed by atoms with Gasteiger partial charge in [-0.2, -0.15) is 0 Å². The van der Waals surface area contributed by atoms with E-state index in [-0.39, 0.29) is 6.42 Å². The molecular formula is C16H17NO2. The van der Waals surface area contributed by atoms with Gasteiger partial charge in [0.15, 0.2) is 0 Å². The smallest absolute Gasteiger partial charge is 0.305 e.